The number of nitrogens with zero attached hydrogens (tertiary/aromatic N) is 2. The van der Waals surface area contributed by atoms with Gasteiger partial charge in [0.2, 0.25) is 15.9 Å². The summed E-state index contributed by atoms with van der Waals surface area (Å²) < 4.78 is 27.6. The second-order valence-corrected chi connectivity index (χ2v) is 8.46. The molecule has 0 saturated carbocycles. The van der Waals surface area contributed by atoms with Crippen LogP contribution in [0.25, 0.3) is 10.9 Å². The first-order valence-electron chi connectivity index (χ1n) is 9.29. The fraction of sp³-hybridized carbons (Fsp3) is 0.190. The van der Waals surface area contributed by atoms with E-state index in [0.29, 0.717) is 22.2 Å². The minimum Gasteiger partial charge on any atom is -0.326 e. The van der Waals surface area contributed by atoms with Crippen molar-refractivity contribution in [2.75, 3.05) is 11.9 Å². The van der Waals surface area contributed by atoms with E-state index in [1.54, 1.807) is 42.5 Å². The molecular weight excluding hydrogens is 404 g/mol. The van der Waals surface area contributed by atoms with Gasteiger partial charge in [0.05, 0.1) is 23.0 Å². The summed E-state index contributed by atoms with van der Waals surface area (Å²) in [5.74, 6) is -0.421. The first-order chi connectivity index (χ1) is 14.4. The highest BCUT2D eigenvalue weighted by atomic mass is 32.2. The minimum absolute atomic E-state index is 0.0987. The summed E-state index contributed by atoms with van der Waals surface area (Å²) in [4.78, 5) is 28.9. The molecule has 0 atom stereocenters. The highest BCUT2D eigenvalue weighted by Gasteiger charge is 2.11. The predicted octanol–water partition coefficient (Wildman–Crippen LogP) is 2.03. The molecule has 3 rings (SSSR count). The molecule has 0 bridgehead atoms. The summed E-state index contributed by atoms with van der Waals surface area (Å²) in [6, 6.07) is 13.6. The van der Waals surface area contributed by atoms with Crippen LogP contribution < -0.4 is 15.6 Å². The van der Waals surface area contributed by atoms with Crippen molar-refractivity contribution in [3.05, 3.63) is 83.4 Å². The van der Waals surface area contributed by atoms with Crippen LogP contribution in [0.15, 0.2) is 72.3 Å². The molecule has 1 aromatic heterocycles. The number of aryl methyl sites for hydroxylation is 1. The second-order valence-electron chi connectivity index (χ2n) is 6.65. The fourth-order valence-corrected chi connectivity index (χ4v) is 3.96. The van der Waals surface area contributed by atoms with Gasteiger partial charge in [-0.2, -0.15) is 0 Å². The highest BCUT2D eigenvalue weighted by molar-refractivity contribution is 7.88. The Hall–Kier alpha value is -3.30. The number of carbonyl (C=O) groups is 1. The largest absolute Gasteiger partial charge is 0.326 e. The van der Waals surface area contributed by atoms with Crippen LogP contribution in [0.2, 0.25) is 0 Å². The number of fused-ring (bicyclic) bond motifs is 1. The van der Waals surface area contributed by atoms with Crippen molar-refractivity contribution in [3.8, 4) is 0 Å². The number of aromatic nitrogens is 2. The number of para-hydroxylation sites is 1. The van der Waals surface area contributed by atoms with E-state index in [-0.39, 0.29) is 36.7 Å². The SMILES string of the molecule is C=CCNS(=O)(=O)Cc1ccc(NC(=O)CCn2cnc3ccccc3c2=O)cc1. The van der Waals surface area contributed by atoms with Gasteiger partial charge in [-0.05, 0) is 29.8 Å². The Morgan fingerprint density at radius 1 is 1.13 bits per heavy atom. The van der Waals surface area contributed by atoms with Gasteiger partial charge >= 0.3 is 0 Å². The molecule has 1 heterocycles. The molecule has 0 radical (unpaired) electrons. The van der Waals surface area contributed by atoms with Crippen LogP contribution in [0.4, 0.5) is 5.69 Å². The van der Waals surface area contributed by atoms with Crippen LogP contribution in [0.1, 0.15) is 12.0 Å². The lowest BCUT2D eigenvalue weighted by atomic mass is 10.2. The Bertz CT molecular complexity index is 1220. The maximum atomic E-state index is 12.4. The normalized spacial score (nSPS) is 11.3. The summed E-state index contributed by atoms with van der Waals surface area (Å²) in [5.41, 5.74) is 1.57. The Labute approximate surface area is 174 Å². The lowest BCUT2D eigenvalue weighted by Gasteiger charge is -2.09. The molecule has 1 amide bonds. The first-order valence-corrected chi connectivity index (χ1v) is 10.9. The molecule has 0 aliphatic heterocycles. The van der Waals surface area contributed by atoms with Crippen molar-refractivity contribution >= 4 is 32.5 Å². The van der Waals surface area contributed by atoms with Crippen molar-refractivity contribution in [2.45, 2.75) is 18.7 Å². The Morgan fingerprint density at radius 3 is 2.60 bits per heavy atom. The van der Waals surface area contributed by atoms with Gasteiger partial charge in [-0.25, -0.2) is 18.1 Å². The Kier molecular flexibility index (Phi) is 6.76. The molecule has 3 aromatic rings. The molecule has 0 fully saturated rings. The van der Waals surface area contributed by atoms with Crippen LogP contribution in [0, 0.1) is 0 Å². The van der Waals surface area contributed by atoms with E-state index < -0.39 is 10.0 Å². The van der Waals surface area contributed by atoms with Gasteiger partial charge in [0.25, 0.3) is 5.56 Å². The molecule has 156 valence electrons. The Balaban J connectivity index is 1.57. The van der Waals surface area contributed by atoms with Gasteiger partial charge in [0.15, 0.2) is 0 Å². The van der Waals surface area contributed by atoms with Crippen molar-refractivity contribution in [2.24, 2.45) is 0 Å². The first kappa shape index (κ1) is 21.4. The molecule has 2 aromatic carbocycles. The van der Waals surface area contributed by atoms with Crippen molar-refractivity contribution in [3.63, 3.8) is 0 Å². The fourth-order valence-electron chi connectivity index (χ4n) is 2.85. The maximum Gasteiger partial charge on any atom is 0.261 e. The Morgan fingerprint density at radius 2 is 1.87 bits per heavy atom. The molecule has 2 N–H and O–H groups in total. The summed E-state index contributed by atoms with van der Waals surface area (Å²) in [7, 11) is -3.44. The average Bonchev–Trinajstić information content (AvgIpc) is 2.73. The number of benzene rings is 2. The van der Waals surface area contributed by atoms with E-state index in [1.165, 1.54) is 17.0 Å². The smallest absolute Gasteiger partial charge is 0.261 e. The molecule has 8 nitrogen and oxygen atoms in total. The number of anilines is 1. The highest BCUT2D eigenvalue weighted by Crippen LogP contribution is 2.12. The van der Waals surface area contributed by atoms with Crippen molar-refractivity contribution in [1.82, 2.24) is 14.3 Å². The van der Waals surface area contributed by atoms with E-state index in [9.17, 15) is 18.0 Å². The molecule has 0 aliphatic rings. The molecule has 0 aliphatic carbocycles. The van der Waals surface area contributed by atoms with Crippen LogP contribution in [0.3, 0.4) is 0 Å². The number of hydrogen-bond acceptors (Lipinski definition) is 5. The van der Waals surface area contributed by atoms with E-state index in [1.807, 2.05) is 6.07 Å². The number of sulfonamides is 1. The second kappa shape index (κ2) is 9.47. The van der Waals surface area contributed by atoms with Crippen LogP contribution in [0.5, 0.6) is 0 Å². The number of amides is 1. The summed E-state index contributed by atoms with van der Waals surface area (Å²) >= 11 is 0. The number of carbonyl (C=O) groups excluding carboxylic acids is 1. The average molecular weight is 426 g/mol. The molecular formula is C21H22N4O4S. The van der Waals surface area contributed by atoms with Gasteiger partial charge in [-0.1, -0.05) is 30.3 Å². The summed E-state index contributed by atoms with van der Waals surface area (Å²) in [6.07, 6.45) is 3.01. The van der Waals surface area contributed by atoms with E-state index >= 15 is 0 Å². The lowest BCUT2D eigenvalue weighted by Crippen LogP contribution is -2.25. The van der Waals surface area contributed by atoms with Gasteiger partial charge < -0.3 is 5.32 Å². The quantitative estimate of drug-likeness (QED) is 0.509. The van der Waals surface area contributed by atoms with Gasteiger partial charge in [-0.3, -0.25) is 14.2 Å². The molecule has 0 saturated heterocycles. The molecule has 30 heavy (non-hydrogen) atoms. The number of rotatable bonds is 9. The number of hydrogen-bond donors (Lipinski definition) is 2. The van der Waals surface area contributed by atoms with Crippen molar-refractivity contribution in [1.29, 1.82) is 0 Å². The summed E-state index contributed by atoms with van der Waals surface area (Å²) in [5, 5.41) is 3.25. The monoisotopic (exact) mass is 426 g/mol. The van der Waals surface area contributed by atoms with Crippen molar-refractivity contribution < 1.29 is 13.2 Å². The maximum absolute atomic E-state index is 12.4. The molecule has 0 unspecified atom stereocenters. The van der Waals surface area contributed by atoms with Gasteiger partial charge in [-0.15, -0.1) is 6.58 Å². The third-order valence-corrected chi connectivity index (χ3v) is 5.67. The van der Waals surface area contributed by atoms with Crippen LogP contribution in [-0.2, 0) is 27.1 Å². The third-order valence-electron chi connectivity index (χ3n) is 4.35. The van der Waals surface area contributed by atoms with Gasteiger partial charge in [0, 0.05) is 25.2 Å². The predicted molar refractivity (Wildman–Crippen MR) is 117 cm³/mol. The number of nitrogens with one attached hydrogen (secondary N) is 2. The topological polar surface area (TPSA) is 110 Å². The standard InChI is InChI=1S/C21H22N4O4S/c1-2-12-23-30(28,29)14-16-7-9-17(10-8-16)24-20(26)11-13-25-15-22-19-6-4-3-5-18(19)21(25)27/h2-10,15,23H,1,11-14H2,(H,24,26). The zero-order valence-corrected chi connectivity index (χ0v) is 17.1. The van der Waals surface area contributed by atoms with Crippen LogP contribution in [-0.4, -0.2) is 30.4 Å². The molecule has 9 heteroatoms. The van der Waals surface area contributed by atoms with Gasteiger partial charge in [0.1, 0.15) is 0 Å². The van der Waals surface area contributed by atoms with E-state index in [0.717, 1.165) is 0 Å². The zero-order valence-electron chi connectivity index (χ0n) is 16.2. The summed E-state index contributed by atoms with van der Waals surface area (Å²) in [6.45, 7) is 3.85. The third kappa shape index (κ3) is 5.62. The molecule has 0 spiro atoms. The minimum atomic E-state index is -3.44. The van der Waals surface area contributed by atoms with E-state index in [4.69, 9.17) is 0 Å². The van der Waals surface area contributed by atoms with Crippen LogP contribution >= 0.6 is 0 Å². The lowest BCUT2D eigenvalue weighted by molar-refractivity contribution is -0.116. The zero-order chi connectivity index (χ0) is 21.6. The van der Waals surface area contributed by atoms with E-state index in [2.05, 4.69) is 21.6 Å².